The molecule has 2 rings (SSSR count). The number of hydrogen-bond donors (Lipinski definition) is 2. The summed E-state index contributed by atoms with van der Waals surface area (Å²) in [6, 6.07) is 0.299. The molecule has 0 amide bonds. The summed E-state index contributed by atoms with van der Waals surface area (Å²) in [4.78, 5) is 23.1. The Morgan fingerprint density at radius 1 is 1.45 bits per heavy atom. The number of nitrogen functional groups attached to an aromatic ring is 1. The SMILES string of the molecule is Cc1nc(NN)nc(N2CCN(C)C(C)C2)c1[N+](=O)[O-]. The highest BCUT2D eigenvalue weighted by Crippen LogP contribution is 2.30. The highest BCUT2D eigenvalue weighted by molar-refractivity contribution is 5.62. The molecule has 1 saturated heterocycles. The minimum atomic E-state index is -0.437. The van der Waals surface area contributed by atoms with Gasteiger partial charge in [-0.3, -0.25) is 15.5 Å². The van der Waals surface area contributed by atoms with Gasteiger partial charge in [0, 0.05) is 25.7 Å². The van der Waals surface area contributed by atoms with Crippen LogP contribution >= 0.6 is 0 Å². The Hall–Kier alpha value is -2.00. The van der Waals surface area contributed by atoms with Gasteiger partial charge < -0.3 is 9.80 Å². The summed E-state index contributed by atoms with van der Waals surface area (Å²) in [6.45, 7) is 5.85. The summed E-state index contributed by atoms with van der Waals surface area (Å²) in [6.07, 6.45) is 0. The van der Waals surface area contributed by atoms with Gasteiger partial charge in [0.1, 0.15) is 5.69 Å². The average Bonchev–Trinajstić information content (AvgIpc) is 2.40. The third-order valence-corrected chi connectivity index (χ3v) is 3.61. The van der Waals surface area contributed by atoms with Crippen molar-refractivity contribution in [2.45, 2.75) is 19.9 Å². The Balaban J connectivity index is 2.43. The van der Waals surface area contributed by atoms with Gasteiger partial charge in [0.05, 0.1) is 4.92 Å². The smallest absolute Gasteiger partial charge is 0.332 e. The number of likely N-dealkylation sites (N-methyl/N-ethyl adjacent to an activating group) is 1. The monoisotopic (exact) mass is 281 g/mol. The molecule has 0 radical (unpaired) electrons. The molecule has 9 heteroatoms. The molecule has 3 N–H and O–H groups in total. The van der Waals surface area contributed by atoms with Crippen molar-refractivity contribution in [2.24, 2.45) is 5.84 Å². The molecule has 0 spiro atoms. The van der Waals surface area contributed by atoms with Crippen LogP contribution in [0.4, 0.5) is 17.5 Å². The fourth-order valence-electron chi connectivity index (χ4n) is 2.29. The highest BCUT2D eigenvalue weighted by atomic mass is 16.6. The first-order chi connectivity index (χ1) is 9.43. The van der Waals surface area contributed by atoms with Gasteiger partial charge in [0.15, 0.2) is 0 Å². The van der Waals surface area contributed by atoms with Gasteiger partial charge in [-0.2, -0.15) is 4.98 Å². The Kier molecular flexibility index (Phi) is 4.00. The van der Waals surface area contributed by atoms with Crippen molar-refractivity contribution in [2.75, 3.05) is 37.0 Å². The summed E-state index contributed by atoms with van der Waals surface area (Å²) in [5, 5.41) is 11.3. The zero-order valence-corrected chi connectivity index (χ0v) is 11.8. The van der Waals surface area contributed by atoms with E-state index in [-0.39, 0.29) is 11.6 Å². The number of rotatable bonds is 3. The predicted octanol–water partition coefficient (Wildman–Crippen LogP) is 0.119. The van der Waals surface area contributed by atoms with Crippen LogP contribution in [0.25, 0.3) is 0 Å². The van der Waals surface area contributed by atoms with Crippen LogP contribution in [0.2, 0.25) is 0 Å². The molecule has 1 fully saturated rings. The van der Waals surface area contributed by atoms with Crippen LogP contribution in [0, 0.1) is 17.0 Å². The van der Waals surface area contributed by atoms with Crippen molar-refractivity contribution < 1.29 is 4.92 Å². The molecule has 0 aromatic carbocycles. The minimum Gasteiger partial charge on any atom is -0.348 e. The van der Waals surface area contributed by atoms with Crippen LogP contribution in [0.5, 0.6) is 0 Å². The molecule has 1 aliphatic rings. The van der Waals surface area contributed by atoms with E-state index in [2.05, 4.69) is 27.2 Å². The number of aromatic nitrogens is 2. The van der Waals surface area contributed by atoms with Crippen LogP contribution in [0.3, 0.4) is 0 Å². The summed E-state index contributed by atoms with van der Waals surface area (Å²) in [7, 11) is 2.04. The van der Waals surface area contributed by atoms with E-state index in [0.29, 0.717) is 30.6 Å². The van der Waals surface area contributed by atoms with E-state index in [1.807, 2.05) is 11.9 Å². The molecule has 0 aliphatic carbocycles. The molecule has 1 unspecified atom stereocenters. The van der Waals surface area contributed by atoms with E-state index in [0.717, 1.165) is 6.54 Å². The maximum absolute atomic E-state index is 11.3. The zero-order valence-electron chi connectivity index (χ0n) is 11.8. The number of hydrogen-bond acceptors (Lipinski definition) is 8. The Morgan fingerprint density at radius 2 is 2.15 bits per heavy atom. The molecule has 1 aromatic heterocycles. The van der Waals surface area contributed by atoms with E-state index in [1.165, 1.54) is 0 Å². The second kappa shape index (κ2) is 5.55. The van der Waals surface area contributed by atoms with Gasteiger partial charge >= 0.3 is 5.69 Å². The molecule has 0 bridgehead atoms. The molecule has 1 aromatic rings. The van der Waals surface area contributed by atoms with E-state index < -0.39 is 4.92 Å². The van der Waals surface area contributed by atoms with Crippen molar-refractivity contribution in [3.05, 3.63) is 15.8 Å². The van der Waals surface area contributed by atoms with E-state index in [1.54, 1.807) is 6.92 Å². The summed E-state index contributed by atoms with van der Waals surface area (Å²) in [5.41, 5.74) is 2.60. The molecule has 0 saturated carbocycles. The third-order valence-electron chi connectivity index (χ3n) is 3.61. The first-order valence-corrected chi connectivity index (χ1v) is 6.39. The lowest BCUT2D eigenvalue weighted by atomic mass is 10.2. The number of hydrazine groups is 1. The van der Waals surface area contributed by atoms with Gasteiger partial charge in [-0.05, 0) is 20.9 Å². The van der Waals surface area contributed by atoms with Crippen LogP contribution in [0.15, 0.2) is 0 Å². The third kappa shape index (κ3) is 2.63. The van der Waals surface area contributed by atoms with E-state index in [9.17, 15) is 10.1 Å². The van der Waals surface area contributed by atoms with Gasteiger partial charge in [0.25, 0.3) is 0 Å². The lowest BCUT2D eigenvalue weighted by Crippen LogP contribution is -2.50. The maximum atomic E-state index is 11.3. The van der Waals surface area contributed by atoms with Crippen molar-refractivity contribution in [3.8, 4) is 0 Å². The van der Waals surface area contributed by atoms with E-state index >= 15 is 0 Å². The van der Waals surface area contributed by atoms with Crippen molar-refractivity contribution in [3.63, 3.8) is 0 Å². The molecule has 1 aliphatic heterocycles. The molecule has 2 heterocycles. The lowest BCUT2D eigenvalue weighted by Gasteiger charge is -2.38. The fraction of sp³-hybridized carbons (Fsp3) is 0.636. The molecular formula is C11H19N7O2. The molecular weight excluding hydrogens is 262 g/mol. The molecule has 9 nitrogen and oxygen atoms in total. The zero-order chi connectivity index (χ0) is 14.9. The quantitative estimate of drug-likeness (QED) is 0.456. The Morgan fingerprint density at radius 3 is 2.70 bits per heavy atom. The average molecular weight is 281 g/mol. The summed E-state index contributed by atoms with van der Waals surface area (Å²) < 4.78 is 0. The molecule has 1 atom stereocenters. The fourth-order valence-corrected chi connectivity index (χ4v) is 2.29. The van der Waals surface area contributed by atoms with E-state index in [4.69, 9.17) is 5.84 Å². The lowest BCUT2D eigenvalue weighted by molar-refractivity contribution is -0.385. The normalized spacial score (nSPS) is 20.0. The minimum absolute atomic E-state index is 0.0549. The van der Waals surface area contributed by atoms with Gasteiger partial charge in [0.2, 0.25) is 11.8 Å². The second-order valence-electron chi connectivity index (χ2n) is 4.98. The van der Waals surface area contributed by atoms with Crippen LogP contribution in [-0.4, -0.2) is 52.5 Å². The van der Waals surface area contributed by atoms with Crippen molar-refractivity contribution in [1.82, 2.24) is 14.9 Å². The molecule has 20 heavy (non-hydrogen) atoms. The Labute approximate surface area is 116 Å². The number of nitro groups is 1. The maximum Gasteiger partial charge on any atom is 0.332 e. The van der Waals surface area contributed by atoms with Crippen LogP contribution in [0.1, 0.15) is 12.6 Å². The van der Waals surface area contributed by atoms with Gasteiger partial charge in [-0.15, -0.1) is 0 Å². The van der Waals surface area contributed by atoms with Crippen LogP contribution < -0.4 is 16.2 Å². The van der Waals surface area contributed by atoms with Gasteiger partial charge in [-0.1, -0.05) is 0 Å². The summed E-state index contributed by atoms with van der Waals surface area (Å²) in [5.74, 6) is 5.84. The first-order valence-electron chi connectivity index (χ1n) is 6.39. The highest BCUT2D eigenvalue weighted by Gasteiger charge is 2.30. The second-order valence-corrected chi connectivity index (χ2v) is 4.98. The topological polar surface area (TPSA) is 113 Å². The van der Waals surface area contributed by atoms with Gasteiger partial charge in [-0.25, -0.2) is 10.8 Å². The largest absolute Gasteiger partial charge is 0.348 e. The number of anilines is 2. The number of nitrogens with two attached hydrogens (primary N) is 1. The number of piperazine rings is 1. The van der Waals surface area contributed by atoms with Crippen molar-refractivity contribution in [1.29, 1.82) is 0 Å². The number of aryl methyl sites for hydroxylation is 1. The molecule has 110 valence electrons. The Bertz CT molecular complexity index is 522. The number of nitrogens with one attached hydrogen (secondary N) is 1. The predicted molar refractivity (Wildman–Crippen MR) is 75.5 cm³/mol. The standard InChI is InChI=1S/C11H19N7O2/c1-7-6-17(5-4-16(7)3)10-9(18(19)20)8(2)13-11(14-10)15-12/h7H,4-6,12H2,1-3H3,(H,13,14,15). The first kappa shape index (κ1) is 14.4. The van der Waals surface area contributed by atoms with Crippen molar-refractivity contribution >= 4 is 17.5 Å². The number of nitrogens with zero attached hydrogens (tertiary/aromatic N) is 5. The van der Waals surface area contributed by atoms with Crippen LogP contribution in [-0.2, 0) is 0 Å². The summed E-state index contributed by atoms with van der Waals surface area (Å²) >= 11 is 0.